The van der Waals surface area contributed by atoms with Crippen LogP contribution in [-0.4, -0.2) is 13.2 Å². The van der Waals surface area contributed by atoms with Crippen molar-refractivity contribution >= 4 is 5.57 Å². The molecule has 4 rings (SSSR count). The third-order valence-corrected chi connectivity index (χ3v) is 4.11. The van der Waals surface area contributed by atoms with Crippen molar-refractivity contribution in [2.45, 2.75) is 12.8 Å². The molecular formula is C19H17FO2. The van der Waals surface area contributed by atoms with Crippen LogP contribution in [0.4, 0.5) is 4.39 Å². The second-order valence-corrected chi connectivity index (χ2v) is 5.85. The largest absolute Gasteiger partial charge is 0.493 e. The molecule has 0 amide bonds. The number of benzene rings is 2. The van der Waals surface area contributed by atoms with Crippen molar-refractivity contribution in [1.29, 1.82) is 0 Å². The Labute approximate surface area is 129 Å². The van der Waals surface area contributed by atoms with Crippen molar-refractivity contribution in [1.82, 2.24) is 0 Å². The van der Waals surface area contributed by atoms with E-state index in [0.717, 1.165) is 40.7 Å². The monoisotopic (exact) mass is 296 g/mol. The second-order valence-electron chi connectivity index (χ2n) is 5.85. The van der Waals surface area contributed by atoms with Gasteiger partial charge in [-0.25, -0.2) is 4.39 Å². The van der Waals surface area contributed by atoms with Gasteiger partial charge in [0.1, 0.15) is 23.9 Å². The van der Waals surface area contributed by atoms with Gasteiger partial charge >= 0.3 is 0 Å². The summed E-state index contributed by atoms with van der Waals surface area (Å²) in [4.78, 5) is 0. The lowest BCUT2D eigenvalue weighted by Gasteiger charge is -2.20. The first-order valence-corrected chi connectivity index (χ1v) is 7.66. The molecule has 0 N–H and O–H groups in total. The van der Waals surface area contributed by atoms with Crippen molar-refractivity contribution < 1.29 is 13.9 Å². The first kappa shape index (κ1) is 13.4. The molecule has 1 aliphatic carbocycles. The minimum Gasteiger partial charge on any atom is -0.493 e. The Morgan fingerprint density at radius 3 is 2.68 bits per heavy atom. The van der Waals surface area contributed by atoms with Crippen LogP contribution in [-0.2, 0) is 0 Å². The molecule has 0 unspecified atom stereocenters. The molecule has 22 heavy (non-hydrogen) atoms. The third kappa shape index (κ3) is 2.71. The first-order valence-electron chi connectivity index (χ1n) is 7.66. The number of rotatable bonds is 4. The summed E-state index contributed by atoms with van der Waals surface area (Å²) in [5.74, 6) is 2.21. The summed E-state index contributed by atoms with van der Waals surface area (Å²) in [6.45, 7) is 1.32. The molecule has 0 radical (unpaired) electrons. The van der Waals surface area contributed by atoms with E-state index in [-0.39, 0.29) is 5.82 Å². The van der Waals surface area contributed by atoms with E-state index in [1.165, 1.54) is 25.0 Å². The molecule has 2 aromatic rings. The molecule has 2 aromatic carbocycles. The van der Waals surface area contributed by atoms with Crippen LogP contribution in [0.2, 0.25) is 0 Å². The fourth-order valence-corrected chi connectivity index (χ4v) is 2.66. The van der Waals surface area contributed by atoms with Crippen LogP contribution < -0.4 is 9.47 Å². The van der Waals surface area contributed by atoms with Gasteiger partial charge in [-0.2, -0.15) is 0 Å². The maximum atomic E-state index is 13.1. The van der Waals surface area contributed by atoms with E-state index in [9.17, 15) is 4.39 Å². The maximum absolute atomic E-state index is 13.1. The van der Waals surface area contributed by atoms with Crippen LogP contribution in [0.15, 0.2) is 48.5 Å². The smallest absolute Gasteiger partial charge is 0.127 e. The lowest BCUT2D eigenvalue weighted by Crippen LogP contribution is -2.06. The number of halogens is 1. The van der Waals surface area contributed by atoms with Gasteiger partial charge in [-0.3, -0.25) is 0 Å². The fourth-order valence-electron chi connectivity index (χ4n) is 2.66. The molecule has 2 aliphatic rings. The second kappa shape index (κ2) is 5.48. The highest BCUT2D eigenvalue weighted by Crippen LogP contribution is 2.37. The Morgan fingerprint density at radius 2 is 1.91 bits per heavy atom. The predicted molar refractivity (Wildman–Crippen MR) is 83.6 cm³/mol. The summed E-state index contributed by atoms with van der Waals surface area (Å²) in [7, 11) is 0. The summed E-state index contributed by atoms with van der Waals surface area (Å²) in [6, 6.07) is 12.5. The van der Waals surface area contributed by atoms with Gasteiger partial charge in [0.2, 0.25) is 0 Å². The highest BCUT2D eigenvalue weighted by Gasteiger charge is 2.22. The van der Waals surface area contributed by atoms with Crippen LogP contribution in [0.25, 0.3) is 5.57 Å². The SMILES string of the molecule is Fc1ccc(C2=CCOc3ccc(OCC4CC4)cc32)cc1. The van der Waals surface area contributed by atoms with Crippen molar-refractivity contribution in [2.75, 3.05) is 13.2 Å². The molecule has 0 bridgehead atoms. The summed E-state index contributed by atoms with van der Waals surface area (Å²) in [5.41, 5.74) is 3.06. The number of ether oxygens (including phenoxy) is 2. The molecule has 3 heteroatoms. The Kier molecular flexibility index (Phi) is 3.34. The molecule has 0 saturated heterocycles. The molecule has 112 valence electrons. The molecular weight excluding hydrogens is 279 g/mol. The van der Waals surface area contributed by atoms with Crippen LogP contribution in [0.5, 0.6) is 11.5 Å². The molecule has 1 aliphatic heterocycles. The van der Waals surface area contributed by atoms with Gasteiger partial charge < -0.3 is 9.47 Å². The standard InChI is InChI=1S/C19H17FO2/c20-15-5-3-14(4-6-15)17-9-10-21-19-8-7-16(11-18(17)19)22-12-13-1-2-13/h3-9,11,13H,1-2,10,12H2. The van der Waals surface area contributed by atoms with Crippen molar-refractivity contribution in [2.24, 2.45) is 5.92 Å². The van der Waals surface area contributed by atoms with Gasteiger partial charge in [-0.05, 0) is 66.3 Å². The number of hydrogen-bond donors (Lipinski definition) is 0. The first-order chi connectivity index (χ1) is 10.8. The zero-order valence-electron chi connectivity index (χ0n) is 12.2. The zero-order valence-corrected chi connectivity index (χ0v) is 12.2. The van der Waals surface area contributed by atoms with E-state index >= 15 is 0 Å². The number of fused-ring (bicyclic) bond motifs is 1. The van der Waals surface area contributed by atoms with Crippen molar-refractivity contribution in [3.05, 3.63) is 65.5 Å². The van der Waals surface area contributed by atoms with Crippen molar-refractivity contribution in [3.8, 4) is 11.5 Å². The lowest BCUT2D eigenvalue weighted by molar-refractivity contribution is 0.298. The van der Waals surface area contributed by atoms with E-state index in [2.05, 4.69) is 0 Å². The third-order valence-electron chi connectivity index (χ3n) is 4.11. The summed E-state index contributed by atoms with van der Waals surface area (Å²) < 4.78 is 24.7. The predicted octanol–water partition coefficient (Wildman–Crippen LogP) is 4.44. The minimum absolute atomic E-state index is 0.224. The number of hydrogen-bond acceptors (Lipinski definition) is 2. The van der Waals surface area contributed by atoms with Gasteiger partial charge in [0.05, 0.1) is 6.61 Å². The summed E-state index contributed by atoms with van der Waals surface area (Å²) in [5, 5.41) is 0. The summed E-state index contributed by atoms with van der Waals surface area (Å²) >= 11 is 0. The lowest BCUT2D eigenvalue weighted by atomic mass is 9.95. The van der Waals surface area contributed by atoms with Gasteiger partial charge in [-0.15, -0.1) is 0 Å². The molecule has 0 spiro atoms. The molecule has 1 fully saturated rings. The van der Waals surface area contributed by atoms with E-state index < -0.39 is 0 Å². The highest BCUT2D eigenvalue weighted by molar-refractivity contribution is 5.84. The quantitative estimate of drug-likeness (QED) is 0.830. The molecule has 1 saturated carbocycles. The van der Waals surface area contributed by atoms with E-state index in [0.29, 0.717) is 6.61 Å². The van der Waals surface area contributed by atoms with Crippen LogP contribution in [0.3, 0.4) is 0 Å². The zero-order chi connectivity index (χ0) is 14.9. The molecule has 0 atom stereocenters. The Morgan fingerprint density at radius 1 is 1.09 bits per heavy atom. The van der Waals surface area contributed by atoms with Gasteiger partial charge in [0, 0.05) is 5.56 Å². The van der Waals surface area contributed by atoms with E-state index in [4.69, 9.17) is 9.47 Å². The molecule has 2 nitrogen and oxygen atoms in total. The van der Waals surface area contributed by atoms with Crippen LogP contribution >= 0.6 is 0 Å². The molecule has 1 heterocycles. The fraction of sp³-hybridized carbons (Fsp3) is 0.263. The van der Waals surface area contributed by atoms with E-state index in [1.54, 1.807) is 12.1 Å². The van der Waals surface area contributed by atoms with Gasteiger partial charge in [0.25, 0.3) is 0 Å². The van der Waals surface area contributed by atoms with Crippen LogP contribution in [0, 0.1) is 11.7 Å². The van der Waals surface area contributed by atoms with Crippen molar-refractivity contribution in [3.63, 3.8) is 0 Å². The molecule has 0 aromatic heterocycles. The van der Waals surface area contributed by atoms with Gasteiger partial charge in [0.15, 0.2) is 0 Å². The highest BCUT2D eigenvalue weighted by atomic mass is 19.1. The Balaban J connectivity index is 1.65. The van der Waals surface area contributed by atoms with Crippen LogP contribution in [0.1, 0.15) is 24.0 Å². The van der Waals surface area contributed by atoms with E-state index in [1.807, 2.05) is 24.3 Å². The minimum atomic E-state index is -0.224. The average molecular weight is 296 g/mol. The maximum Gasteiger partial charge on any atom is 0.127 e. The summed E-state index contributed by atoms with van der Waals surface area (Å²) in [6.07, 6.45) is 4.57. The normalized spacial score (nSPS) is 16.5. The van der Waals surface area contributed by atoms with Gasteiger partial charge in [-0.1, -0.05) is 12.1 Å². The Bertz CT molecular complexity index is 715. The Hall–Kier alpha value is -2.29. The topological polar surface area (TPSA) is 18.5 Å². The average Bonchev–Trinajstić information content (AvgIpc) is 3.37.